The molecular weight excluding hydrogens is 240 g/mol. The zero-order valence-corrected chi connectivity index (χ0v) is 12.6. The van der Waals surface area contributed by atoms with Crippen LogP contribution >= 0.6 is 0 Å². The molecule has 1 aromatic heterocycles. The molecule has 0 saturated heterocycles. The molecule has 0 bridgehead atoms. The summed E-state index contributed by atoms with van der Waals surface area (Å²) in [6.45, 7) is 10.5. The second-order valence-corrected chi connectivity index (χ2v) is 6.24. The van der Waals surface area contributed by atoms with E-state index in [2.05, 4.69) is 30.7 Å². The van der Waals surface area contributed by atoms with E-state index in [1.165, 1.54) is 0 Å². The molecule has 0 aliphatic heterocycles. The van der Waals surface area contributed by atoms with Crippen molar-refractivity contribution in [1.29, 1.82) is 0 Å². The summed E-state index contributed by atoms with van der Waals surface area (Å²) in [6, 6.07) is 0. The van der Waals surface area contributed by atoms with Gasteiger partial charge < -0.3 is 5.11 Å². The Morgan fingerprint density at radius 3 is 2.05 bits per heavy atom. The lowest BCUT2D eigenvalue weighted by Crippen LogP contribution is -2.11. The number of nitrogens with zero attached hydrogens (tertiary/aromatic N) is 2. The Kier molecular flexibility index (Phi) is 5.04. The lowest BCUT2D eigenvalue weighted by Gasteiger charge is -2.18. The normalized spacial score (nSPS) is 11.6. The number of rotatable bonds is 5. The molecule has 106 valence electrons. The standard InChI is InChI=1S/C15H24N2O2/c1-10-12(6-7-14(18)19)11(2)17-13(16-10)8-9-15(3,4)5/h6-9H2,1-5H3,(H,18,19). The molecule has 0 atom stereocenters. The quantitative estimate of drug-likeness (QED) is 0.887. The van der Waals surface area contributed by atoms with Crippen LogP contribution < -0.4 is 0 Å². The third-order valence-corrected chi connectivity index (χ3v) is 3.15. The van der Waals surface area contributed by atoms with Crippen LogP contribution in [-0.4, -0.2) is 21.0 Å². The van der Waals surface area contributed by atoms with Crippen molar-refractivity contribution in [3.63, 3.8) is 0 Å². The number of aryl methyl sites for hydroxylation is 3. The van der Waals surface area contributed by atoms with Gasteiger partial charge in [-0.05, 0) is 37.7 Å². The van der Waals surface area contributed by atoms with Gasteiger partial charge in [0.05, 0.1) is 0 Å². The molecule has 1 heterocycles. The smallest absolute Gasteiger partial charge is 0.303 e. The van der Waals surface area contributed by atoms with Gasteiger partial charge in [0.1, 0.15) is 5.82 Å². The summed E-state index contributed by atoms with van der Waals surface area (Å²) >= 11 is 0. The first kappa shape index (κ1) is 15.6. The van der Waals surface area contributed by atoms with E-state index in [1.807, 2.05) is 13.8 Å². The van der Waals surface area contributed by atoms with E-state index in [4.69, 9.17) is 5.11 Å². The Morgan fingerprint density at radius 2 is 1.63 bits per heavy atom. The highest BCUT2D eigenvalue weighted by Gasteiger charge is 2.14. The minimum Gasteiger partial charge on any atom is -0.481 e. The first-order valence-corrected chi connectivity index (χ1v) is 6.74. The highest BCUT2D eigenvalue weighted by molar-refractivity contribution is 5.67. The Morgan fingerprint density at radius 1 is 1.11 bits per heavy atom. The summed E-state index contributed by atoms with van der Waals surface area (Å²) in [4.78, 5) is 19.7. The monoisotopic (exact) mass is 264 g/mol. The van der Waals surface area contributed by atoms with Gasteiger partial charge in [-0.3, -0.25) is 4.79 Å². The first-order valence-electron chi connectivity index (χ1n) is 6.74. The lowest BCUT2D eigenvalue weighted by atomic mass is 9.90. The summed E-state index contributed by atoms with van der Waals surface area (Å²) in [7, 11) is 0. The molecule has 1 aromatic rings. The Hall–Kier alpha value is -1.45. The average molecular weight is 264 g/mol. The Bertz CT molecular complexity index is 439. The van der Waals surface area contributed by atoms with Gasteiger partial charge in [0.25, 0.3) is 0 Å². The number of carboxylic acids is 1. The van der Waals surface area contributed by atoms with Gasteiger partial charge in [-0.1, -0.05) is 20.8 Å². The third kappa shape index (κ3) is 5.37. The number of hydrogen-bond donors (Lipinski definition) is 1. The molecule has 0 fully saturated rings. The number of carbonyl (C=O) groups is 1. The molecule has 0 saturated carbocycles. The molecule has 4 heteroatoms. The van der Waals surface area contributed by atoms with Crippen LogP contribution in [0.3, 0.4) is 0 Å². The van der Waals surface area contributed by atoms with Gasteiger partial charge in [0.15, 0.2) is 0 Å². The van der Waals surface area contributed by atoms with Crippen molar-refractivity contribution in [3.05, 3.63) is 22.8 Å². The third-order valence-electron chi connectivity index (χ3n) is 3.15. The van der Waals surface area contributed by atoms with Crippen molar-refractivity contribution < 1.29 is 9.90 Å². The molecule has 19 heavy (non-hydrogen) atoms. The highest BCUT2D eigenvalue weighted by atomic mass is 16.4. The Balaban J connectivity index is 2.81. The summed E-state index contributed by atoms with van der Waals surface area (Å²) in [5.74, 6) is 0.0830. The van der Waals surface area contributed by atoms with Crippen LogP contribution in [0.5, 0.6) is 0 Å². The fourth-order valence-corrected chi connectivity index (χ4v) is 2.00. The summed E-state index contributed by atoms with van der Waals surface area (Å²) in [6.07, 6.45) is 2.55. The van der Waals surface area contributed by atoms with Gasteiger partial charge in [-0.15, -0.1) is 0 Å². The van der Waals surface area contributed by atoms with E-state index < -0.39 is 5.97 Å². The van der Waals surface area contributed by atoms with E-state index in [0.717, 1.165) is 35.6 Å². The van der Waals surface area contributed by atoms with Crippen LogP contribution in [0.4, 0.5) is 0 Å². The molecule has 0 aliphatic carbocycles. The molecule has 1 N–H and O–H groups in total. The Labute approximate surface area is 115 Å². The fraction of sp³-hybridized carbons (Fsp3) is 0.667. The van der Waals surface area contributed by atoms with Crippen molar-refractivity contribution in [3.8, 4) is 0 Å². The zero-order valence-electron chi connectivity index (χ0n) is 12.6. The van der Waals surface area contributed by atoms with Gasteiger partial charge in [0, 0.05) is 24.2 Å². The second kappa shape index (κ2) is 6.13. The van der Waals surface area contributed by atoms with E-state index in [-0.39, 0.29) is 11.8 Å². The van der Waals surface area contributed by atoms with Crippen LogP contribution in [0, 0.1) is 19.3 Å². The minimum absolute atomic E-state index is 0.131. The van der Waals surface area contributed by atoms with Gasteiger partial charge in [0.2, 0.25) is 0 Å². The number of carboxylic acid groups (broad SMARTS) is 1. The summed E-state index contributed by atoms with van der Waals surface area (Å²) in [5.41, 5.74) is 3.07. The molecular formula is C15H24N2O2. The molecule has 0 aliphatic rings. The van der Waals surface area contributed by atoms with Crippen molar-refractivity contribution in [2.24, 2.45) is 5.41 Å². The van der Waals surface area contributed by atoms with Crippen LogP contribution in [0.15, 0.2) is 0 Å². The maximum atomic E-state index is 10.6. The maximum Gasteiger partial charge on any atom is 0.303 e. The highest BCUT2D eigenvalue weighted by Crippen LogP contribution is 2.21. The summed E-state index contributed by atoms with van der Waals surface area (Å²) < 4.78 is 0. The predicted octanol–water partition coefficient (Wildman–Crippen LogP) is 3.09. The van der Waals surface area contributed by atoms with Crippen molar-refractivity contribution >= 4 is 5.97 Å². The first-order chi connectivity index (χ1) is 8.69. The SMILES string of the molecule is Cc1nc(CCC(C)(C)C)nc(C)c1CCC(=O)O. The molecule has 0 amide bonds. The molecule has 0 unspecified atom stereocenters. The molecule has 4 nitrogen and oxygen atoms in total. The lowest BCUT2D eigenvalue weighted by molar-refractivity contribution is -0.136. The topological polar surface area (TPSA) is 63.1 Å². The molecule has 0 radical (unpaired) electrons. The second-order valence-electron chi connectivity index (χ2n) is 6.24. The van der Waals surface area contributed by atoms with E-state index in [1.54, 1.807) is 0 Å². The number of aromatic nitrogens is 2. The largest absolute Gasteiger partial charge is 0.481 e. The van der Waals surface area contributed by atoms with E-state index in [0.29, 0.717) is 6.42 Å². The van der Waals surface area contributed by atoms with Gasteiger partial charge in [-0.25, -0.2) is 9.97 Å². The number of aliphatic carboxylic acids is 1. The van der Waals surface area contributed by atoms with Crippen LogP contribution in [0.2, 0.25) is 0 Å². The maximum absolute atomic E-state index is 10.6. The van der Waals surface area contributed by atoms with E-state index >= 15 is 0 Å². The van der Waals surface area contributed by atoms with Gasteiger partial charge >= 0.3 is 5.97 Å². The van der Waals surface area contributed by atoms with E-state index in [9.17, 15) is 4.79 Å². The fourth-order valence-electron chi connectivity index (χ4n) is 2.00. The van der Waals surface area contributed by atoms with Crippen LogP contribution in [0.1, 0.15) is 56.4 Å². The van der Waals surface area contributed by atoms with Crippen molar-refractivity contribution in [2.75, 3.05) is 0 Å². The van der Waals surface area contributed by atoms with Crippen molar-refractivity contribution in [1.82, 2.24) is 9.97 Å². The average Bonchev–Trinajstić information content (AvgIpc) is 2.23. The summed E-state index contributed by atoms with van der Waals surface area (Å²) in [5, 5.41) is 8.74. The van der Waals surface area contributed by atoms with Crippen molar-refractivity contribution in [2.45, 2.75) is 60.3 Å². The molecule has 0 spiro atoms. The van der Waals surface area contributed by atoms with Gasteiger partial charge in [-0.2, -0.15) is 0 Å². The molecule has 0 aromatic carbocycles. The zero-order chi connectivity index (χ0) is 14.6. The predicted molar refractivity (Wildman–Crippen MR) is 75.2 cm³/mol. The number of hydrogen-bond acceptors (Lipinski definition) is 3. The van der Waals surface area contributed by atoms with Crippen LogP contribution in [0.25, 0.3) is 0 Å². The van der Waals surface area contributed by atoms with Crippen LogP contribution in [-0.2, 0) is 17.6 Å². The molecule has 1 rings (SSSR count). The minimum atomic E-state index is -0.782.